The Balaban J connectivity index is 2.13. The summed E-state index contributed by atoms with van der Waals surface area (Å²) in [4.78, 5) is 35.3. The molecule has 1 aliphatic rings. The second-order valence-electron chi connectivity index (χ2n) is 6.47. The van der Waals surface area contributed by atoms with Crippen molar-refractivity contribution in [3.63, 3.8) is 0 Å². The van der Waals surface area contributed by atoms with E-state index in [4.69, 9.17) is 5.73 Å². The molecule has 1 aliphatic heterocycles. The van der Waals surface area contributed by atoms with Gasteiger partial charge in [0.05, 0.1) is 5.37 Å². The Labute approximate surface area is 154 Å². The number of rotatable bonds is 6. The third kappa shape index (κ3) is 4.26. The van der Waals surface area contributed by atoms with Crippen LogP contribution in [0.4, 0.5) is 0 Å². The number of nitrogens with two attached hydrogens (primary N) is 1. The summed E-state index contributed by atoms with van der Waals surface area (Å²) in [6, 6.07) is 2.20. The highest BCUT2D eigenvalue weighted by Crippen LogP contribution is 2.39. The maximum Gasteiger partial charge on any atom is 0.328 e. The topological polar surface area (TPSA) is 162 Å². The second-order valence-corrected chi connectivity index (χ2v) is 8.27. The van der Waals surface area contributed by atoms with Gasteiger partial charge in [-0.05, 0) is 31.5 Å². The predicted octanol–water partition coefficient (Wildman–Crippen LogP) is -0.144. The molecule has 26 heavy (non-hydrogen) atoms. The molecule has 10 heteroatoms. The van der Waals surface area contributed by atoms with E-state index < -0.39 is 46.1 Å². The van der Waals surface area contributed by atoms with E-state index in [-0.39, 0.29) is 5.75 Å². The molecule has 2 rings (SSSR count). The monoisotopic (exact) mass is 383 g/mol. The molecule has 1 unspecified atom stereocenters. The summed E-state index contributed by atoms with van der Waals surface area (Å²) in [6.07, 6.45) is 0. The van der Waals surface area contributed by atoms with Crippen LogP contribution in [0.3, 0.4) is 0 Å². The summed E-state index contributed by atoms with van der Waals surface area (Å²) in [5.41, 5.74) is 6.26. The molecule has 1 fully saturated rings. The third-order valence-corrected chi connectivity index (χ3v) is 5.61. The Hall–Kier alpha value is -2.30. The molecular weight excluding hydrogens is 362 g/mol. The molecule has 1 heterocycles. The number of hydrogen-bond acceptors (Lipinski definition) is 7. The lowest BCUT2D eigenvalue weighted by Crippen LogP contribution is -2.55. The highest BCUT2D eigenvalue weighted by molar-refractivity contribution is 8.01. The van der Waals surface area contributed by atoms with E-state index in [1.165, 1.54) is 24.3 Å². The SMILES string of the molecule is CC1(C)S[C@@H]([C@H](NC(=O)C(N)c2ccc(O)cc2)C(=O)O)N[C@@H]1C(=O)O. The number of phenolic OH excluding ortho intramolecular Hbond substituents is 1. The van der Waals surface area contributed by atoms with Crippen molar-refractivity contribution in [3.05, 3.63) is 29.8 Å². The van der Waals surface area contributed by atoms with Gasteiger partial charge in [0.1, 0.15) is 17.8 Å². The lowest BCUT2D eigenvalue weighted by molar-refractivity contribution is -0.143. The number of benzene rings is 1. The minimum Gasteiger partial charge on any atom is -0.508 e. The Morgan fingerprint density at radius 1 is 1.23 bits per heavy atom. The smallest absolute Gasteiger partial charge is 0.328 e. The first-order chi connectivity index (χ1) is 12.0. The Bertz CT molecular complexity index is 708. The van der Waals surface area contributed by atoms with E-state index in [9.17, 15) is 29.7 Å². The fraction of sp³-hybridized carbons (Fsp3) is 0.438. The van der Waals surface area contributed by atoms with Gasteiger partial charge in [0.15, 0.2) is 6.04 Å². The van der Waals surface area contributed by atoms with Crippen LogP contribution in [-0.2, 0) is 14.4 Å². The molecule has 1 saturated heterocycles. The average molecular weight is 383 g/mol. The standard InChI is InChI=1S/C16H21N3O6S/c1-16(2)11(15(24)25)19-13(26-16)10(14(22)23)18-12(21)9(17)7-3-5-8(20)6-4-7/h3-6,9-11,13,19-20H,17H2,1-2H3,(H,18,21)(H,22,23)(H,24,25)/t9?,10-,11+,13-/m0/s1. The van der Waals surface area contributed by atoms with Crippen molar-refractivity contribution < 1.29 is 29.7 Å². The van der Waals surface area contributed by atoms with Crippen molar-refractivity contribution >= 4 is 29.6 Å². The number of amides is 1. The molecule has 1 amide bonds. The molecule has 0 saturated carbocycles. The first-order valence-electron chi connectivity index (χ1n) is 7.77. The number of phenols is 1. The fourth-order valence-electron chi connectivity index (χ4n) is 2.67. The number of carboxylic acids is 2. The zero-order valence-electron chi connectivity index (χ0n) is 14.2. The maximum absolute atomic E-state index is 12.4. The second kappa shape index (κ2) is 7.52. The van der Waals surface area contributed by atoms with E-state index in [1.54, 1.807) is 13.8 Å². The minimum atomic E-state index is -1.36. The number of aliphatic carboxylic acids is 2. The van der Waals surface area contributed by atoms with E-state index in [0.717, 1.165) is 11.8 Å². The lowest BCUT2D eigenvalue weighted by atomic mass is 10.0. The number of hydrogen-bond donors (Lipinski definition) is 6. The van der Waals surface area contributed by atoms with Crippen molar-refractivity contribution in [2.24, 2.45) is 5.73 Å². The summed E-state index contributed by atoms with van der Waals surface area (Å²) in [6.45, 7) is 3.37. The van der Waals surface area contributed by atoms with Gasteiger partial charge in [-0.3, -0.25) is 14.9 Å². The molecular formula is C16H21N3O6S. The molecule has 4 atom stereocenters. The first-order valence-corrected chi connectivity index (χ1v) is 8.65. The quantitative estimate of drug-likeness (QED) is 0.392. The number of aromatic hydroxyl groups is 1. The molecule has 142 valence electrons. The highest BCUT2D eigenvalue weighted by Gasteiger charge is 2.49. The molecule has 1 aromatic carbocycles. The molecule has 7 N–H and O–H groups in total. The van der Waals surface area contributed by atoms with E-state index >= 15 is 0 Å². The molecule has 0 aliphatic carbocycles. The lowest BCUT2D eigenvalue weighted by Gasteiger charge is -2.23. The van der Waals surface area contributed by atoms with Gasteiger partial charge in [-0.25, -0.2) is 4.79 Å². The number of carbonyl (C=O) groups excluding carboxylic acids is 1. The number of thioether (sulfide) groups is 1. The van der Waals surface area contributed by atoms with Crippen LogP contribution in [0.2, 0.25) is 0 Å². The van der Waals surface area contributed by atoms with Gasteiger partial charge in [-0.15, -0.1) is 11.8 Å². The fourth-order valence-corrected chi connectivity index (χ4v) is 4.15. The number of carboxylic acid groups (broad SMARTS) is 2. The van der Waals surface area contributed by atoms with Crippen LogP contribution < -0.4 is 16.4 Å². The summed E-state index contributed by atoms with van der Waals surface area (Å²) in [7, 11) is 0. The van der Waals surface area contributed by atoms with E-state index in [0.29, 0.717) is 5.56 Å². The molecule has 1 aromatic rings. The average Bonchev–Trinajstić information content (AvgIpc) is 2.87. The zero-order valence-corrected chi connectivity index (χ0v) is 15.0. The summed E-state index contributed by atoms with van der Waals surface area (Å²) < 4.78 is -0.756. The maximum atomic E-state index is 12.4. The van der Waals surface area contributed by atoms with Crippen molar-refractivity contribution in [2.75, 3.05) is 0 Å². The molecule has 9 nitrogen and oxygen atoms in total. The van der Waals surface area contributed by atoms with Crippen molar-refractivity contribution in [2.45, 2.75) is 42.1 Å². The highest BCUT2D eigenvalue weighted by atomic mass is 32.2. The minimum absolute atomic E-state index is 0.0123. The Kier molecular flexibility index (Phi) is 5.79. The van der Waals surface area contributed by atoms with Gasteiger partial charge in [0.2, 0.25) is 5.91 Å². The Morgan fingerprint density at radius 3 is 2.27 bits per heavy atom. The van der Waals surface area contributed by atoms with Gasteiger partial charge < -0.3 is 26.4 Å². The normalized spacial score (nSPS) is 23.8. The van der Waals surface area contributed by atoms with Crippen LogP contribution in [0.15, 0.2) is 24.3 Å². The first kappa shape index (κ1) is 20.0. The van der Waals surface area contributed by atoms with Gasteiger partial charge in [0, 0.05) is 4.75 Å². The van der Waals surface area contributed by atoms with Crippen LogP contribution in [0.25, 0.3) is 0 Å². The van der Waals surface area contributed by atoms with Gasteiger partial charge in [0.25, 0.3) is 0 Å². The van der Waals surface area contributed by atoms with Gasteiger partial charge in [-0.2, -0.15) is 0 Å². The van der Waals surface area contributed by atoms with Crippen LogP contribution in [-0.4, -0.2) is 55.4 Å². The van der Waals surface area contributed by atoms with Crippen molar-refractivity contribution in [1.29, 1.82) is 0 Å². The molecule has 0 bridgehead atoms. The third-order valence-electron chi connectivity index (χ3n) is 4.11. The van der Waals surface area contributed by atoms with E-state index in [1.807, 2.05) is 0 Å². The van der Waals surface area contributed by atoms with Gasteiger partial charge >= 0.3 is 11.9 Å². The number of nitrogens with one attached hydrogen (secondary N) is 2. The van der Waals surface area contributed by atoms with E-state index in [2.05, 4.69) is 10.6 Å². The molecule has 0 aromatic heterocycles. The largest absolute Gasteiger partial charge is 0.508 e. The molecule has 0 radical (unpaired) electrons. The Morgan fingerprint density at radius 2 is 1.81 bits per heavy atom. The van der Waals surface area contributed by atoms with Crippen LogP contribution in [0.1, 0.15) is 25.5 Å². The molecule has 0 spiro atoms. The van der Waals surface area contributed by atoms with Crippen molar-refractivity contribution in [1.82, 2.24) is 10.6 Å². The van der Waals surface area contributed by atoms with Crippen molar-refractivity contribution in [3.8, 4) is 5.75 Å². The predicted molar refractivity (Wildman–Crippen MR) is 94.6 cm³/mol. The summed E-state index contributed by atoms with van der Waals surface area (Å²) >= 11 is 1.13. The summed E-state index contributed by atoms with van der Waals surface area (Å²) in [5, 5.41) is 32.3. The number of carbonyl (C=O) groups is 3. The van der Waals surface area contributed by atoms with Crippen LogP contribution >= 0.6 is 11.8 Å². The summed E-state index contributed by atoms with van der Waals surface area (Å²) in [5.74, 6) is -3.11. The van der Waals surface area contributed by atoms with Crippen LogP contribution in [0, 0.1) is 0 Å². The van der Waals surface area contributed by atoms with Crippen LogP contribution in [0.5, 0.6) is 5.75 Å². The van der Waals surface area contributed by atoms with Gasteiger partial charge in [-0.1, -0.05) is 12.1 Å². The zero-order chi connectivity index (χ0) is 19.6.